The number of hydrogen-bond acceptors (Lipinski definition) is 3. The van der Waals surface area contributed by atoms with E-state index in [4.69, 9.17) is 9.84 Å². The molecule has 0 amide bonds. The summed E-state index contributed by atoms with van der Waals surface area (Å²) in [7, 11) is 1.43. The van der Waals surface area contributed by atoms with Gasteiger partial charge < -0.3 is 9.84 Å². The lowest BCUT2D eigenvalue weighted by Crippen LogP contribution is -2.30. The zero-order chi connectivity index (χ0) is 11.5. The summed E-state index contributed by atoms with van der Waals surface area (Å²) < 4.78 is 40.7. The third kappa shape index (κ3) is 3.39. The molecule has 1 rings (SSSR count). The van der Waals surface area contributed by atoms with Gasteiger partial charge in [0.15, 0.2) is 6.10 Å². The number of methoxy groups -OCH3 is 1. The van der Waals surface area contributed by atoms with Crippen molar-refractivity contribution in [2.75, 3.05) is 7.11 Å². The number of rotatable bonds is 3. The van der Waals surface area contributed by atoms with Crippen LogP contribution in [0.5, 0.6) is 5.75 Å². The molecule has 1 aromatic rings. The molecule has 15 heavy (non-hydrogen) atoms. The number of aliphatic hydroxyl groups is 1. The predicted molar refractivity (Wildman–Crippen MR) is 46.6 cm³/mol. The fraction of sp³-hybridized carbons (Fsp3) is 0.444. The number of hydrogen-bond donors (Lipinski definition) is 1. The van der Waals surface area contributed by atoms with Crippen LogP contribution >= 0.6 is 0 Å². The van der Waals surface area contributed by atoms with Crippen molar-refractivity contribution in [3.63, 3.8) is 0 Å². The van der Waals surface area contributed by atoms with E-state index < -0.39 is 18.7 Å². The van der Waals surface area contributed by atoms with E-state index in [-0.39, 0.29) is 5.69 Å². The first-order chi connectivity index (χ1) is 6.93. The molecule has 0 aliphatic rings. The summed E-state index contributed by atoms with van der Waals surface area (Å²) in [4.78, 5) is 3.72. The third-order valence-electron chi connectivity index (χ3n) is 1.81. The van der Waals surface area contributed by atoms with Gasteiger partial charge in [0.1, 0.15) is 5.75 Å². The average Bonchev–Trinajstić information content (AvgIpc) is 2.17. The topological polar surface area (TPSA) is 42.4 Å². The normalized spacial score (nSPS) is 13.7. The van der Waals surface area contributed by atoms with Crippen LogP contribution in [0.2, 0.25) is 0 Å². The molecule has 1 N–H and O–H groups in total. The Morgan fingerprint density at radius 2 is 2.13 bits per heavy atom. The molecule has 0 saturated heterocycles. The van der Waals surface area contributed by atoms with Crippen molar-refractivity contribution in [1.82, 2.24) is 4.98 Å². The monoisotopic (exact) mass is 221 g/mol. The number of aliphatic hydroxyl groups excluding tert-OH is 1. The second-order valence-corrected chi connectivity index (χ2v) is 2.95. The van der Waals surface area contributed by atoms with Crippen molar-refractivity contribution in [3.8, 4) is 5.75 Å². The van der Waals surface area contributed by atoms with Crippen molar-refractivity contribution in [2.45, 2.75) is 18.7 Å². The number of ether oxygens (including phenoxy) is 1. The Morgan fingerprint density at radius 1 is 1.47 bits per heavy atom. The quantitative estimate of drug-likeness (QED) is 0.842. The van der Waals surface area contributed by atoms with Crippen LogP contribution < -0.4 is 4.74 Å². The van der Waals surface area contributed by atoms with Crippen LogP contribution in [0.25, 0.3) is 0 Å². The fourth-order valence-electron chi connectivity index (χ4n) is 0.966. The van der Waals surface area contributed by atoms with E-state index in [1.165, 1.54) is 25.4 Å². The molecular weight excluding hydrogens is 211 g/mol. The number of alkyl halides is 3. The lowest BCUT2D eigenvalue weighted by molar-refractivity contribution is -0.203. The molecule has 1 heterocycles. The molecule has 0 bridgehead atoms. The Balaban J connectivity index is 2.65. The highest BCUT2D eigenvalue weighted by atomic mass is 19.4. The lowest BCUT2D eigenvalue weighted by Gasteiger charge is -2.13. The van der Waals surface area contributed by atoms with Crippen LogP contribution in [0.15, 0.2) is 18.3 Å². The molecule has 0 aliphatic heterocycles. The standard InChI is InChI=1S/C9H10F3NO2/c1-15-7-3-2-6(13-5-7)4-8(14)9(10,11)12/h2-3,5,8,14H,4H2,1H3. The lowest BCUT2D eigenvalue weighted by atomic mass is 10.2. The Hall–Kier alpha value is -1.30. The van der Waals surface area contributed by atoms with Crippen molar-refractivity contribution in [1.29, 1.82) is 0 Å². The van der Waals surface area contributed by atoms with E-state index in [2.05, 4.69) is 4.98 Å². The van der Waals surface area contributed by atoms with Gasteiger partial charge in [0.2, 0.25) is 0 Å². The van der Waals surface area contributed by atoms with Gasteiger partial charge in [0.25, 0.3) is 0 Å². The summed E-state index contributed by atoms with van der Waals surface area (Å²) >= 11 is 0. The smallest absolute Gasteiger partial charge is 0.414 e. The van der Waals surface area contributed by atoms with Gasteiger partial charge in [-0.25, -0.2) is 0 Å². The largest absolute Gasteiger partial charge is 0.495 e. The first-order valence-corrected chi connectivity index (χ1v) is 4.17. The van der Waals surface area contributed by atoms with Crippen LogP contribution in [0.1, 0.15) is 5.69 Å². The van der Waals surface area contributed by atoms with Gasteiger partial charge in [0.05, 0.1) is 13.3 Å². The van der Waals surface area contributed by atoms with E-state index in [0.717, 1.165) is 0 Å². The minimum Gasteiger partial charge on any atom is -0.495 e. The molecule has 84 valence electrons. The second kappa shape index (κ2) is 4.48. The van der Waals surface area contributed by atoms with Gasteiger partial charge in [-0.05, 0) is 12.1 Å². The summed E-state index contributed by atoms with van der Waals surface area (Å²) in [5.41, 5.74) is 0.167. The molecule has 6 heteroatoms. The highest BCUT2D eigenvalue weighted by molar-refractivity contribution is 5.20. The highest BCUT2D eigenvalue weighted by Gasteiger charge is 2.38. The van der Waals surface area contributed by atoms with Gasteiger partial charge in [0, 0.05) is 12.1 Å². The van der Waals surface area contributed by atoms with E-state index in [0.29, 0.717) is 5.75 Å². The minimum atomic E-state index is -4.61. The Morgan fingerprint density at radius 3 is 2.53 bits per heavy atom. The predicted octanol–water partition coefficient (Wildman–Crippen LogP) is 1.56. The van der Waals surface area contributed by atoms with Crippen LogP contribution in [-0.2, 0) is 6.42 Å². The SMILES string of the molecule is COc1ccc(CC(O)C(F)(F)F)nc1. The van der Waals surface area contributed by atoms with Gasteiger partial charge >= 0.3 is 6.18 Å². The molecule has 0 fully saturated rings. The molecule has 1 aromatic heterocycles. The molecule has 1 unspecified atom stereocenters. The van der Waals surface area contributed by atoms with Crippen molar-refractivity contribution < 1.29 is 23.0 Å². The van der Waals surface area contributed by atoms with Crippen LogP contribution in [0.4, 0.5) is 13.2 Å². The van der Waals surface area contributed by atoms with E-state index in [1.54, 1.807) is 0 Å². The van der Waals surface area contributed by atoms with Gasteiger partial charge in [-0.3, -0.25) is 4.98 Å². The summed E-state index contributed by atoms with van der Waals surface area (Å²) in [6.45, 7) is 0. The van der Waals surface area contributed by atoms with Gasteiger partial charge in [-0.2, -0.15) is 13.2 Å². The maximum atomic E-state index is 12.0. The Kier molecular flexibility index (Phi) is 3.52. The number of nitrogens with zero attached hydrogens (tertiary/aromatic N) is 1. The minimum absolute atomic E-state index is 0.167. The van der Waals surface area contributed by atoms with E-state index in [1.807, 2.05) is 0 Å². The molecule has 0 radical (unpaired) electrons. The summed E-state index contributed by atoms with van der Waals surface area (Å²) in [5, 5.41) is 8.77. The Labute approximate surface area is 84.5 Å². The van der Waals surface area contributed by atoms with Crippen molar-refractivity contribution >= 4 is 0 Å². The van der Waals surface area contributed by atoms with Gasteiger partial charge in [-0.1, -0.05) is 0 Å². The maximum absolute atomic E-state index is 12.0. The van der Waals surface area contributed by atoms with Crippen LogP contribution in [0, 0.1) is 0 Å². The summed E-state index contributed by atoms with van der Waals surface area (Å²) in [5.74, 6) is 0.459. The maximum Gasteiger partial charge on any atom is 0.414 e. The van der Waals surface area contributed by atoms with Crippen molar-refractivity contribution in [3.05, 3.63) is 24.0 Å². The molecule has 0 spiro atoms. The molecule has 0 saturated carbocycles. The second-order valence-electron chi connectivity index (χ2n) is 2.95. The van der Waals surface area contributed by atoms with E-state index in [9.17, 15) is 13.2 Å². The molecule has 0 aliphatic carbocycles. The highest BCUT2D eigenvalue weighted by Crippen LogP contribution is 2.22. The number of aromatic nitrogens is 1. The van der Waals surface area contributed by atoms with E-state index >= 15 is 0 Å². The summed E-state index contributed by atoms with van der Waals surface area (Å²) in [6, 6.07) is 2.87. The fourth-order valence-corrected chi connectivity index (χ4v) is 0.966. The van der Waals surface area contributed by atoms with Crippen LogP contribution in [-0.4, -0.2) is 29.5 Å². The first-order valence-electron chi connectivity index (χ1n) is 4.17. The van der Waals surface area contributed by atoms with Gasteiger partial charge in [-0.15, -0.1) is 0 Å². The number of pyridine rings is 1. The van der Waals surface area contributed by atoms with Crippen LogP contribution in [0.3, 0.4) is 0 Å². The summed E-state index contributed by atoms with van der Waals surface area (Å²) in [6.07, 6.45) is -6.23. The van der Waals surface area contributed by atoms with Crippen molar-refractivity contribution in [2.24, 2.45) is 0 Å². The molecule has 0 aromatic carbocycles. The Bertz CT molecular complexity index is 310. The zero-order valence-corrected chi connectivity index (χ0v) is 7.95. The number of halogens is 3. The molecule has 1 atom stereocenters. The molecule has 3 nitrogen and oxygen atoms in total. The first kappa shape index (κ1) is 11.8. The average molecular weight is 221 g/mol. The molecular formula is C9H10F3NO2. The third-order valence-corrected chi connectivity index (χ3v) is 1.81. The zero-order valence-electron chi connectivity index (χ0n) is 7.95.